The molecule has 0 fully saturated rings. The lowest BCUT2D eigenvalue weighted by Gasteiger charge is -2.18. The number of carbonyl (C=O) groups excluding carboxylic acids is 3. The standard InChI is InChI=1S/C20H20O3.2C2H6.2H2/c1-14-4-6-16(7-5-14)17-8-10-18(11-9-17)19(23)12-20(3,13-21)15(2)22;2*1-2;;/h4-11,13H,12H2,1-3H3;2*1-2H3;2*1H. The van der Waals surface area contributed by atoms with Crippen molar-refractivity contribution in [1.82, 2.24) is 0 Å². The van der Waals surface area contributed by atoms with Crippen LogP contribution in [0.15, 0.2) is 48.5 Å². The number of aryl methyl sites for hydroxylation is 1. The van der Waals surface area contributed by atoms with Crippen molar-refractivity contribution in [1.29, 1.82) is 0 Å². The lowest BCUT2D eigenvalue weighted by Crippen LogP contribution is -2.30. The second kappa shape index (κ2) is 11.9. The van der Waals surface area contributed by atoms with Crippen molar-refractivity contribution in [2.75, 3.05) is 0 Å². The highest BCUT2D eigenvalue weighted by Crippen LogP contribution is 2.24. The van der Waals surface area contributed by atoms with Crippen LogP contribution in [0.4, 0.5) is 0 Å². The Kier molecular flexibility index (Phi) is 10.8. The first-order valence-corrected chi connectivity index (χ1v) is 9.53. The molecule has 0 aliphatic heterocycles. The summed E-state index contributed by atoms with van der Waals surface area (Å²) in [7, 11) is 0. The van der Waals surface area contributed by atoms with Gasteiger partial charge in [-0.1, -0.05) is 81.8 Å². The molecule has 0 saturated carbocycles. The van der Waals surface area contributed by atoms with E-state index in [1.54, 1.807) is 12.1 Å². The summed E-state index contributed by atoms with van der Waals surface area (Å²) in [5, 5.41) is 0. The zero-order valence-corrected chi connectivity index (χ0v) is 17.6. The van der Waals surface area contributed by atoms with Gasteiger partial charge in [-0.05, 0) is 31.9 Å². The number of Topliss-reactive ketones (excluding diaryl/α,β-unsaturated/α-hetero) is 2. The Bertz CT molecular complexity index is 738. The molecule has 0 N–H and O–H groups in total. The molecule has 0 aliphatic carbocycles. The molecule has 3 nitrogen and oxygen atoms in total. The molecule has 2 rings (SSSR count). The fraction of sp³-hybridized carbons (Fsp3) is 0.375. The number of ketones is 2. The molecule has 0 radical (unpaired) electrons. The summed E-state index contributed by atoms with van der Waals surface area (Å²) in [5.74, 6) is -0.498. The minimum absolute atomic E-state index is 0. The molecule has 1 atom stereocenters. The zero-order chi connectivity index (χ0) is 21.0. The minimum atomic E-state index is -1.24. The van der Waals surface area contributed by atoms with Crippen molar-refractivity contribution in [3.8, 4) is 11.1 Å². The molecule has 1 unspecified atom stereocenters. The van der Waals surface area contributed by atoms with Crippen molar-refractivity contribution in [2.45, 2.75) is 54.9 Å². The molecule has 150 valence electrons. The van der Waals surface area contributed by atoms with Crippen LogP contribution in [0.5, 0.6) is 0 Å². The van der Waals surface area contributed by atoms with Gasteiger partial charge >= 0.3 is 0 Å². The average molecular weight is 373 g/mol. The van der Waals surface area contributed by atoms with Crippen molar-refractivity contribution >= 4 is 17.9 Å². The Morgan fingerprint density at radius 3 is 1.67 bits per heavy atom. The van der Waals surface area contributed by atoms with Crippen molar-refractivity contribution < 1.29 is 17.2 Å². The Morgan fingerprint density at radius 1 is 0.889 bits per heavy atom. The van der Waals surface area contributed by atoms with E-state index in [9.17, 15) is 14.4 Å². The SMILES string of the molecule is CC.CC.CC(=O)C(C)(C=O)CC(=O)c1ccc(-c2ccc(C)cc2)cc1.[HH].[HH]. The third-order valence-electron chi connectivity index (χ3n) is 4.18. The fourth-order valence-electron chi connectivity index (χ4n) is 2.28. The highest BCUT2D eigenvalue weighted by Gasteiger charge is 2.32. The second-order valence-corrected chi connectivity index (χ2v) is 6.13. The summed E-state index contributed by atoms with van der Waals surface area (Å²) in [6.45, 7) is 12.9. The smallest absolute Gasteiger partial charge is 0.164 e. The van der Waals surface area contributed by atoms with Gasteiger partial charge in [0, 0.05) is 14.8 Å². The number of aldehydes is 1. The molecule has 2 aromatic carbocycles. The van der Waals surface area contributed by atoms with Crippen LogP contribution in [0.1, 0.15) is 66.7 Å². The molecule has 0 spiro atoms. The Labute approximate surface area is 166 Å². The van der Waals surface area contributed by atoms with E-state index in [0.717, 1.165) is 11.1 Å². The lowest BCUT2D eigenvalue weighted by molar-refractivity contribution is -0.131. The zero-order valence-electron chi connectivity index (χ0n) is 17.6. The summed E-state index contributed by atoms with van der Waals surface area (Å²) in [4.78, 5) is 35.0. The maximum atomic E-state index is 12.3. The quantitative estimate of drug-likeness (QED) is 0.327. The molecule has 3 heteroatoms. The van der Waals surface area contributed by atoms with Crippen LogP contribution in [0.2, 0.25) is 0 Å². The van der Waals surface area contributed by atoms with Crippen molar-refractivity contribution in [3.63, 3.8) is 0 Å². The third-order valence-corrected chi connectivity index (χ3v) is 4.18. The maximum absolute atomic E-state index is 12.3. The summed E-state index contributed by atoms with van der Waals surface area (Å²) in [6.07, 6.45) is 0.462. The molecule has 0 aliphatic rings. The van der Waals surface area contributed by atoms with Gasteiger partial charge in [0.1, 0.15) is 12.1 Å². The van der Waals surface area contributed by atoms with E-state index in [-0.39, 0.29) is 20.8 Å². The molecule has 0 saturated heterocycles. The van der Waals surface area contributed by atoms with Gasteiger partial charge in [-0.2, -0.15) is 0 Å². The van der Waals surface area contributed by atoms with Crippen LogP contribution in [0.3, 0.4) is 0 Å². The number of carbonyl (C=O) groups is 3. The first-order valence-electron chi connectivity index (χ1n) is 9.53. The van der Waals surface area contributed by atoms with Crippen LogP contribution in [-0.2, 0) is 9.59 Å². The van der Waals surface area contributed by atoms with Crippen molar-refractivity contribution in [3.05, 3.63) is 59.7 Å². The molecular formula is C24H36O3. The van der Waals surface area contributed by atoms with E-state index in [4.69, 9.17) is 0 Å². The highest BCUT2D eigenvalue weighted by molar-refractivity contribution is 6.05. The molecule has 0 bridgehead atoms. The van der Waals surface area contributed by atoms with Gasteiger partial charge in [0.2, 0.25) is 0 Å². The van der Waals surface area contributed by atoms with Crippen LogP contribution in [-0.4, -0.2) is 17.9 Å². The normalized spacial score (nSPS) is 11.7. The Hall–Kier alpha value is -2.55. The maximum Gasteiger partial charge on any atom is 0.164 e. The number of rotatable bonds is 6. The molecule has 0 amide bonds. The largest absolute Gasteiger partial charge is 0.302 e. The average Bonchev–Trinajstić information content (AvgIpc) is 2.71. The van der Waals surface area contributed by atoms with Crippen molar-refractivity contribution in [2.24, 2.45) is 5.41 Å². The van der Waals surface area contributed by atoms with Gasteiger partial charge in [-0.3, -0.25) is 9.59 Å². The number of hydrogen-bond donors (Lipinski definition) is 0. The number of hydrogen-bond acceptors (Lipinski definition) is 3. The monoisotopic (exact) mass is 372 g/mol. The van der Waals surface area contributed by atoms with E-state index < -0.39 is 5.41 Å². The fourth-order valence-corrected chi connectivity index (χ4v) is 2.28. The van der Waals surface area contributed by atoms with Gasteiger partial charge in [0.05, 0.1) is 5.41 Å². The van der Waals surface area contributed by atoms with E-state index in [2.05, 4.69) is 0 Å². The van der Waals surface area contributed by atoms with Gasteiger partial charge in [-0.15, -0.1) is 0 Å². The molecule has 0 heterocycles. The number of benzene rings is 2. The molecular weight excluding hydrogens is 336 g/mol. The second-order valence-electron chi connectivity index (χ2n) is 6.13. The van der Waals surface area contributed by atoms with Crippen LogP contribution in [0.25, 0.3) is 11.1 Å². The Morgan fingerprint density at radius 2 is 1.30 bits per heavy atom. The lowest BCUT2D eigenvalue weighted by atomic mass is 9.81. The Balaban J connectivity index is -0.00000106. The predicted molar refractivity (Wildman–Crippen MR) is 117 cm³/mol. The topological polar surface area (TPSA) is 51.2 Å². The molecule has 0 aromatic heterocycles. The summed E-state index contributed by atoms with van der Waals surface area (Å²) in [6, 6.07) is 15.4. The third kappa shape index (κ3) is 6.93. The van der Waals surface area contributed by atoms with E-state index in [1.807, 2.05) is 71.0 Å². The molecule has 2 aromatic rings. The summed E-state index contributed by atoms with van der Waals surface area (Å²) in [5.41, 5.74) is 2.56. The van der Waals surface area contributed by atoms with Crippen LogP contribution in [0, 0.1) is 12.3 Å². The van der Waals surface area contributed by atoms with E-state index >= 15 is 0 Å². The predicted octanol–water partition coefficient (Wildman–Crippen LogP) is 6.57. The van der Waals surface area contributed by atoms with E-state index in [0.29, 0.717) is 11.8 Å². The summed E-state index contributed by atoms with van der Waals surface area (Å²) >= 11 is 0. The highest BCUT2D eigenvalue weighted by atomic mass is 16.1. The van der Waals surface area contributed by atoms with Gasteiger partial charge in [-0.25, -0.2) is 0 Å². The summed E-state index contributed by atoms with van der Waals surface area (Å²) < 4.78 is 0. The first kappa shape index (κ1) is 24.5. The first-order chi connectivity index (χ1) is 12.9. The van der Waals surface area contributed by atoms with Crippen LogP contribution >= 0.6 is 0 Å². The van der Waals surface area contributed by atoms with Gasteiger partial charge < -0.3 is 4.79 Å². The molecule has 27 heavy (non-hydrogen) atoms. The minimum Gasteiger partial charge on any atom is -0.302 e. The van der Waals surface area contributed by atoms with Gasteiger partial charge in [0.25, 0.3) is 0 Å². The van der Waals surface area contributed by atoms with Gasteiger partial charge in [0.15, 0.2) is 5.78 Å². The van der Waals surface area contributed by atoms with E-state index in [1.165, 1.54) is 19.4 Å². The van der Waals surface area contributed by atoms with Crippen LogP contribution < -0.4 is 0 Å².